The van der Waals surface area contributed by atoms with Gasteiger partial charge < -0.3 is 14.7 Å². The molecule has 2 aliphatic heterocycles. The summed E-state index contributed by atoms with van der Waals surface area (Å²) in [6, 6.07) is 5.73. The Bertz CT molecular complexity index is 580. The minimum Gasteiger partial charge on any atom is -0.383 e. The monoisotopic (exact) mass is 337 g/mol. The van der Waals surface area contributed by atoms with Gasteiger partial charge in [-0.1, -0.05) is 12.1 Å². The van der Waals surface area contributed by atoms with Gasteiger partial charge in [-0.05, 0) is 46.3 Å². The molecule has 0 radical (unpaired) electrons. The van der Waals surface area contributed by atoms with Crippen LogP contribution < -0.4 is 0 Å². The van der Waals surface area contributed by atoms with Crippen LogP contribution in [0.3, 0.4) is 0 Å². The van der Waals surface area contributed by atoms with Crippen LogP contribution in [0, 0.1) is 5.92 Å². The second kappa shape index (κ2) is 4.29. The van der Waals surface area contributed by atoms with Gasteiger partial charge in [0.1, 0.15) is 5.60 Å². The molecule has 106 valence electrons. The molecule has 0 aromatic heterocycles. The molecule has 20 heavy (non-hydrogen) atoms. The molecule has 4 rings (SSSR count). The fourth-order valence-corrected chi connectivity index (χ4v) is 4.02. The van der Waals surface area contributed by atoms with E-state index in [1.165, 1.54) is 0 Å². The normalized spacial score (nSPS) is 25.3. The topological polar surface area (TPSA) is 49.8 Å². The largest absolute Gasteiger partial charge is 0.383 e. The maximum absolute atomic E-state index is 12.7. The molecule has 2 fully saturated rings. The molecule has 1 N–H and O–H groups in total. The summed E-state index contributed by atoms with van der Waals surface area (Å²) in [5, 5.41) is 10.7. The molecule has 0 spiro atoms. The van der Waals surface area contributed by atoms with Crippen LogP contribution in [0.2, 0.25) is 0 Å². The van der Waals surface area contributed by atoms with Crippen LogP contribution in [-0.4, -0.2) is 40.8 Å². The van der Waals surface area contributed by atoms with Gasteiger partial charge >= 0.3 is 0 Å². The first kappa shape index (κ1) is 12.8. The number of carbonyl (C=O) groups excluding carboxylic acids is 1. The Morgan fingerprint density at radius 3 is 2.70 bits per heavy atom. The minimum absolute atomic E-state index is 0.0321. The summed E-state index contributed by atoms with van der Waals surface area (Å²) in [7, 11) is 0. The molecule has 1 aromatic rings. The van der Waals surface area contributed by atoms with Crippen molar-refractivity contribution >= 4 is 21.8 Å². The van der Waals surface area contributed by atoms with Crippen LogP contribution in [0.15, 0.2) is 22.7 Å². The van der Waals surface area contributed by atoms with E-state index in [-0.39, 0.29) is 11.9 Å². The zero-order valence-corrected chi connectivity index (χ0v) is 12.6. The van der Waals surface area contributed by atoms with Crippen LogP contribution in [0.1, 0.15) is 28.8 Å². The number of aliphatic hydroxyl groups is 1. The van der Waals surface area contributed by atoms with Gasteiger partial charge in [0.15, 0.2) is 0 Å². The summed E-state index contributed by atoms with van der Waals surface area (Å²) in [6.07, 6.45) is 2.18. The van der Waals surface area contributed by atoms with Crippen molar-refractivity contribution in [3.8, 4) is 0 Å². The van der Waals surface area contributed by atoms with E-state index in [0.29, 0.717) is 25.7 Å². The Labute approximate surface area is 125 Å². The van der Waals surface area contributed by atoms with Gasteiger partial charge in [0, 0.05) is 11.0 Å². The average molecular weight is 338 g/mol. The molecule has 1 saturated carbocycles. The van der Waals surface area contributed by atoms with Crippen LogP contribution in [-0.2, 0) is 11.3 Å². The van der Waals surface area contributed by atoms with E-state index in [2.05, 4.69) is 15.9 Å². The zero-order chi connectivity index (χ0) is 13.9. The van der Waals surface area contributed by atoms with Crippen molar-refractivity contribution in [3.05, 3.63) is 33.8 Å². The van der Waals surface area contributed by atoms with Crippen molar-refractivity contribution in [3.63, 3.8) is 0 Å². The number of ether oxygens (including phenoxy) is 1. The number of hydrogen-bond donors (Lipinski definition) is 1. The lowest BCUT2D eigenvalue weighted by Gasteiger charge is -2.46. The summed E-state index contributed by atoms with van der Waals surface area (Å²) in [5.41, 5.74) is 0.937. The maximum atomic E-state index is 12.7. The minimum atomic E-state index is -0.856. The van der Waals surface area contributed by atoms with Crippen molar-refractivity contribution in [1.82, 2.24) is 4.90 Å². The van der Waals surface area contributed by atoms with E-state index < -0.39 is 5.60 Å². The van der Waals surface area contributed by atoms with Crippen molar-refractivity contribution in [2.45, 2.75) is 31.0 Å². The van der Waals surface area contributed by atoms with Gasteiger partial charge in [0.05, 0.1) is 24.8 Å². The van der Waals surface area contributed by atoms with Gasteiger partial charge in [-0.2, -0.15) is 0 Å². The number of benzene rings is 1. The Morgan fingerprint density at radius 2 is 2.15 bits per heavy atom. The summed E-state index contributed by atoms with van der Waals surface area (Å²) < 4.78 is 6.04. The van der Waals surface area contributed by atoms with E-state index in [9.17, 15) is 9.90 Å². The van der Waals surface area contributed by atoms with Crippen molar-refractivity contribution in [1.29, 1.82) is 0 Å². The zero-order valence-electron chi connectivity index (χ0n) is 11.0. The van der Waals surface area contributed by atoms with E-state index >= 15 is 0 Å². The number of fused-ring (bicyclic) bond motifs is 1. The number of amides is 1. The third-order valence-corrected chi connectivity index (χ3v) is 5.24. The smallest absolute Gasteiger partial charge is 0.256 e. The third-order valence-electron chi connectivity index (χ3n) is 4.57. The second-order valence-corrected chi connectivity index (χ2v) is 6.94. The molecule has 5 heteroatoms. The summed E-state index contributed by atoms with van der Waals surface area (Å²) >= 11 is 3.46. The van der Waals surface area contributed by atoms with Crippen LogP contribution in [0.25, 0.3) is 0 Å². The number of hydrogen-bond acceptors (Lipinski definition) is 3. The molecule has 1 saturated heterocycles. The number of carbonyl (C=O) groups is 1. The van der Waals surface area contributed by atoms with Gasteiger partial charge in [-0.3, -0.25) is 4.79 Å². The van der Waals surface area contributed by atoms with E-state index in [1.807, 2.05) is 23.1 Å². The molecule has 1 amide bonds. The quantitative estimate of drug-likeness (QED) is 0.917. The Balaban J connectivity index is 1.70. The van der Waals surface area contributed by atoms with Crippen molar-refractivity contribution in [2.75, 3.05) is 13.2 Å². The van der Waals surface area contributed by atoms with Gasteiger partial charge in [-0.15, -0.1) is 0 Å². The second-order valence-electron chi connectivity index (χ2n) is 6.09. The first-order valence-electron chi connectivity index (χ1n) is 6.99. The molecule has 1 aromatic carbocycles. The Hall–Kier alpha value is -0.910. The third kappa shape index (κ3) is 1.76. The highest BCUT2D eigenvalue weighted by atomic mass is 79.9. The van der Waals surface area contributed by atoms with Gasteiger partial charge in [-0.25, -0.2) is 0 Å². The lowest BCUT2D eigenvalue weighted by molar-refractivity contribution is -0.211. The maximum Gasteiger partial charge on any atom is 0.256 e. The fraction of sp³-hybridized carbons (Fsp3) is 0.533. The fourth-order valence-electron chi connectivity index (χ4n) is 3.44. The van der Waals surface area contributed by atoms with Crippen molar-refractivity contribution in [2.24, 2.45) is 5.92 Å². The van der Waals surface area contributed by atoms with E-state index in [4.69, 9.17) is 4.74 Å². The molecule has 1 unspecified atom stereocenters. The Morgan fingerprint density at radius 1 is 1.40 bits per heavy atom. The molecule has 2 heterocycles. The van der Waals surface area contributed by atoms with E-state index in [1.54, 1.807) is 0 Å². The average Bonchev–Trinajstić information content (AvgIpc) is 3.14. The number of nitrogens with zero attached hydrogens (tertiary/aromatic N) is 1. The molecule has 3 aliphatic rings. The van der Waals surface area contributed by atoms with Crippen molar-refractivity contribution < 1.29 is 14.6 Å². The highest BCUT2D eigenvalue weighted by Crippen LogP contribution is 2.45. The summed E-state index contributed by atoms with van der Waals surface area (Å²) in [6.45, 7) is 1.28. The van der Waals surface area contributed by atoms with Gasteiger partial charge in [0.25, 0.3) is 5.91 Å². The lowest BCUT2D eigenvalue weighted by Crippen LogP contribution is -2.64. The van der Waals surface area contributed by atoms with Crippen LogP contribution in [0.5, 0.6) is 0 Å². The number of rotatable bonds is 3. The Kier molecular flexibility index (Phi) is 2.75. The molecule has 0 bridgehead atoms. The molecular formula is C15H16BrNO3. The lowest BCUT2D eigenvalue weighted by atomic mass is 9.87. The highest BCUT2D eigenvalue weighted by Gasteiger charge is 2.55. The standard InChI is InChI=1S/C15H16BrNO3/c16-11-3-1-2-10-6-17(14(18)12(10)11)13(9-4-5-9)15(19)7-20-8-15/h1-3,9,13,19H,4-8H2. The van der Waals surface area contributed by atoms with Crippen LogP contribution in [0.4, 0.5) is 0 Å². The van der Waals surface area contributed by atoms with E-state index in [0.717, 1.165) is 28.4 Å². The first-order valence-corrected chi connectivity index (χ1v) is 7.78. The predicted molar refractivity (Wildman–Crippen MR) is 76.3 cm³/mol. The first-order chi connectivity index (χ1) is 9.60. The SMILES string of the molecule is O=C1c2c(Br)cccc2CN1C(C1CC1)C1(O)COC1. The molecular weight excluding hydrogens is 322 g/mol. The highest BCUT2D eigenvalue weighted by molar-refractivity contribution is 9.10. The molecule has 1 aliphatic carbocycles. The summed E-state index contributed by atoms with van der Waals surface area (Å²) in [4.78, 5) is 14.6. The molecule has 1 atom stereocenters. The molecule has 4 nitrogen and oxygen atoms in total. The van der Waals surface area contributed by atoms with Gasteiger partial charge in [0.2, 0.25) is 0 Å². The number of halogens is 1. The summed E-state index contributed by atoms with van der Waals surface area (Å²) in [5.74, 6) is 0.450. The predicted octanol–water partition coefficient (Wildman–Crippen LogP) is 1.94. The van der Waals surface area contributed by atoms with Crippen LogP contribution >= 0.6 is 15.9 Å².